The Bertz CT molecular complexity index is 461. The van der Waals surface area contributed by atoms with E-state index in [9.17, 15) is 4.79 Å². The van der Waals surface area contributed by atoms with Gasteiger partial charge in [0.25, 0.3) is 0 Å². The lowest BCUT2D eigenvalue weighted by atomic mass is 10.1. The molecule has 1 fully saturated rings. The van der Waals surface area contributed by atoms with Crippen molar-refractivity contribution in [2.45, 2.75) is 37.4 Å². The molecule has 1 aliphatic heterocycles. The third-order valence-corrected chi connectivity index (χ3v) is 6.61. The second-order valence-electron chi connectivity index (χ2n) is 5.49. The minimum atomic E-state index is 0.0894. The van der Waals surface area contributed by atoms with Gasteiger partial charge in [-0.1, -0.05) is 28.0 Å². The Morgan fingerprint density at radius 2 is 2.09 bits per heavy atom. The molecule has 1 amide bonds. The number of carbonyl (C=O) groups is 1. The van der Waals surface area contributed by atoms with Crippen LogP contribution in [-0.2, 0) is 9.53 Å². The highest BCUT2D eigenvalue weighted by Gasteiger charge is 2.15. The second kappa shape index (κ2) is 10.8. The molecule has 0 aliphatic carbocycles. The molecule has 4 nitrogen and oxygen atoms in total. The van der Waals surface area contributed by atoms with E-state index in [1.807, 2.05) is 45.9 Å². The van der Waals surface area contributed by atoms with Crippen molar-refractivity contribution in [2.75, 3.05) is 31.4 Å². The van der Waals surface area contributed by atoms with Gasteiger partial charge in [-0.15, -0.1) is 0 Å². The highest BCUT2D eigenvalue weighted by molar-refractivity contribution is 8.77. The van der Waals surface area contributed by atoms with Crippen molar-refractivity contribution in [1.29, 1.82) is 0 Å². The van der Waals surface area contributed by atoms with Crippen LogP contribution in [0.3, 0.4) is 0 Å². The van der Waals surface area contributed by atoms with Gasteiger partial charge in [0, 0.05) is 30.2 Å². The Kier molecular flexibility index (Phi) is 8.71. The van der Waals surface area contributed by atoms with E-state index in [0.29, 0.717) is 19.6 Å². The molecule has 2 rings (SSSR count). The topological polar surface area (TPSA) is 47.6 Å². The SMILES string of the molecule is COCCOc1ccc(NC(=O)CCCCC2CCSS2)cc1. The third-order valence-electron chi connectivity index (χ3n) is 3.60. The van der Waals surface area contributed by atoms with Crippen molar-refractivity contribution in [3.8, 4) is 5.75 Å². The molecule has 0 saturated carbocycles. The zero-order valence-electron chi connectivity index (χ0n) is 13.6. The van der Waals surface area contributed by atoms with Gasteiger partial charge in [-0.05, 0) is 43.5 Å². The molecule has 1 unspecified atom stereocenters. The molecule has 0 bridgehead atoms. The van der Waals surface area contributed by atoms with Gasteiger partial charge in [-0.2, -0.15) is 0 Å². The van der Waals surface area contributed by atoms with Crippen LogP contribution in [-0.4, -0.2) is 37.2 Å². The summed E-state index contributed by atoms with van der Waals surface area (Å²) in [5.74, 6) is 2.15. The molecular formula is C17H25NO3S2. The van der Waals surface area contributed by atoms with Crippen LogP contribution in [0.1, 0.15) is 32.1 Å². The number of carbonyl (C=O) groups excluding carboxylic acids is 1. The Hall–Kier alpha value is -0.850. The van der Waals surface area contributed by atoms with Gasteiger partial charge >= 0.3 is 0 Å². The van der Waals surface area contributed by atoms with Crippen molar-refractivity contribution >= 4 is 33.2 Å². The zero-order chi connectivity index (χ0) is 16.3. The van der Waals surface area contributed by atoms with E-state index in [1.165, 1.54) is 18.6 Å². The summed E-state index contributed by atoms with van der Waals surface area (Å²) >= 11 is 0. The number of nitrogens with one attached hydrogen (secondary N) is 1. The molecule has 1 aromatic carbocycles. The molecule has 0 spiro atoms. The van der Waals surface area contributed by atoms with Gasteiger partial charge in [-0.25, -0.2) is 0 Å². The number of ether oxygens (including phenoxy) is 2. The first kappa shape index (κ1) is 18.5. The summed E-state index contributed by atoms with van der Waals surface area (Å²) < 4.78 is 10.4. The van der Waals surface area contributed by atoms with Crippen LogP contribution in [0.25, 0.3) is 0 Å². The lowest BCUT2D eigenvalue weighted by Crippen LogP contribution is -2.11. The third kappa shape index (κ3) is 7.50. The molecule has 23 heavy (non-hydrogen) atoms. The molecule has 1 atom stereocenters. The second-order valence-corrected chi connectivity index (χ2v) is 8.28. The highest BCUT2D eigenvalue weighted by Crippen LogP contribution is 2.39. The van der Waals surface area contributed by atoms with Crippen LogP contribution in [0.15, 0.2) is 24.3 Å². The molecule has 1 saturated heterocycles. The minimum Gasteiger partial charge on any atom is -0.491 e. The summed E-state index contributed by atoms with van der Waals surface area (Å²) in [6.07, 6.45) is 5.25. The van der Waals surface area contributed by atoms with E-state index >= 15 is 0 Å². The number of benzene rings is 1. The van der Waals surface area contributed by atoms with Gasteiger partial charge < -0.3 is 14.8 Å². The number of hydrogen-bond acceptors (Lipinski definition) is 5. The first-order valence-electron chi connectivity index (χ1n) is 8.08. The highest BCUT2D eigenvalue weighted by atomic mass is 33.1. The maximum absolute atomic E-state index is 11.9. The van der Waals surface area contributed by atoms with Gasteiger partial charge in [0.05, 0.1) is 6.61 Å². The summed E-state index contributed by atoms with van der Waals surface area (Å²) in [4.78, 5) is 11.9. The van der Waals surface area contributed by atoms with Crippen LogP contribution in [0.2, 0.25) is 0 Å². The van der Waals surface area contributed by atoms with E-state index in [4.69, 9.17) is 9.47 Å². The standard InChI is InChI=1S/C17H25NO3S2/c1-20-11-12-21-15-8-6-14(7-9-15)18-17(19)5-3-2-4-16-10-13-22-23-16/h6-9,16H,2-5,10-13H2,1H3,(H,18,19). The molecule has 128 valence electrons. The van der Waals surface area contributed by atoms with Gasteiger partial charge in [0.1, 0.15) is 12.4 Å². The monoisotopic (exact) mass is 355 g/mol. The van der Waals surface area contributed by atoms with Crippen molar-refractivity contribution in [3.63, 3.8) is 0 Å². The first-order valence-corrected chi connectivity index (χ1v) is 10.5. The van der Waals surface area contributed by atoms with Crippen LogP contribution in [0.4, 0.5) is 5.69 Å². The van der Waals surface area contributed by atoms with E-state index in [2.05, 4.69) is 5.32 Å². The average Bonchev–Trinajstić information content (AvgIpc) is 3.07. The van der Waals surface area contributed by atoms with E-state index < -0.39 is 0 Å². The van der Waals surface area contributed by atoms with Crippen LogP contribution >= 0.6 is 21.6 Å². The Morgan fingerprint density at radius 3 is 2.78 bits per heavy atom. The Morgan fingerprint density at radius 1 is 1.26 bits per heavy atom. The maximum Gasteiger partial charge on any atom is 0.224 e. The largest absolute Gasteiger partial charge is 0.491 e. The van der Waals surface area contributed by atoms with Crippen molar-refractivity contribution in [2.24, 2.45) is 0 Å². The molecule has 1 heterocycles. The molecule has 1 aromatic rings. The summed E-state index contributed by atoms with van der Waals surface area (Å²) in [6.45, 7) is 1.09. The number of rotatable bonds is 10. The van der Waals surface area contributed by atoms with Crippen molar-refractivity contribution < 1.29 is 14.3 Å². The van der Waals surface area contributed by atoms with Crippen LogP contribution in [0, 0.1) is 0 Å². The van der Waals surface area contributed by atoms with Crippen molar-refractivity contribution in [1.82, 2.24) is 0 Å². The molecule has 1 N–H and O–H groups in total. The fraction of sp³-hybridized carbons (Fsp3) is 0.588. The maximum atomic E-state index is 11.9. The smallest absolute Gasteiger partial charge is 0.224 e. The lowest BCUT2D eigenvalue weighted by molar-refractivity contribution is -0.116. The summed E-state index contributed by atoms with van der Waals surface area (Å²) in [7, 11) is 5.63. The predicted molar refractivity (Wildman–Crippen MR) is 99.4 cm³/mol. The normalized spacial score (nSPS) is 17.2. The fourth-order valence-electron chi connectivity index (χ4n) is 2.32. The molecule has 6 heteroatoms. The van der Waals surface area contributed by atoms with Gasteiger partial charge in [0.2, 0.25) is 5.91 Å². The molecule has 0 aromatic heterocycles. The Balaban J connectivity index is 1.60. The summed E-state index contributed by atoms with van der Waals surface area (Å²) in [6, 6.07) is 7.46. The molecular weight excluding hydrogens is 330 g/mol. The van der Waals surface area contributed by atoms with E-state index in [0.717, 1.165) is 29.5 Å². The zero-order valence-corrected chi connectivity index (χ0v) is 15.2. The molecule has 1 aliphatic rings. The van der Waals surface area contributed by atoms with E-state index in [1.54, 1.807) is 7.11 Å². The van der Waals surface area contributed by atoms with E-state index in [-0.39, 0.29) is 5.91 Å². The average molecular weight is 356 g/mol. The van der Waals surface area contributed by atoms with Gasteiger partial charge in [0.15, 0.2) is 0 Å². The number of methoxy groups -OCH3 is 1. The quantitative estimate of drug-likeness (QED) is 0.499. The summed E-state index contributed by atoms with van der Waals surface area (Å²) in [5.41, 5.74) is 0.817. The van der Waals surface area contributed by atoms with Crippen molar-refractivity contribution in [3.05, 3.63) is 24.3 Å². The molecule has 0 radical (unpaired) electrons. The van der Waals surface area contributed by atoms with Gasteiger partial charge in [-0.3, -0.25) is 4.79 Å². The summed E-state index contributed by atoms with van der Waals surface area (Å²) in [5, 5.41) is 3.74. The van der Waals surface area contributed by atoms with Crippen LogP contribution in [0.5, 0.6) is 5.75 Å². The number of anilines is 1. The fourth-order valence-corrected chi connectivity index (χ4v) is 5.35. The predicted octanol–water partition coefficient (Wildman–Crippen LogP) is 4.36. The lowest BCUT2D eigenvalue weighted by Gasteiger charge is -2.09. The van der Waals surface area contributed by atoms with Crippen LogP contribution < -0.4 is 10.1 Å². The minimum absolute atomic E-state index is 0.0894. The first-order chi connectivity index (χ1) is 11.3. The number of unbranched alkanes of at least 4 members (excludes halogenated alkanes) is 1. The number of amides is 1. The number of hydrogen-bond donors (Lipinski definition) is 1. The Labute approximate surface area is 146 Å².